The molecule has 0 radical (unpaired) electrons. The lowest BCUT2D eigenvalue weighted by Crippen LogP contribution is -2.32. The van der Waals surface area contributed by atoms with Crippen molar-refractivity contribution >= 4 is 5.69 Å². The quantitative estimate of drug-likeness (QED) is 0.850. The number of hydrogen-bond donors (Lipinski definition) is 1. The van der Waals surface area contributed by atoms with Gasteiger partial charge in [-0.25, -0.2) is 0 Å². The Morgan fingerprint density at radius 1 is 0.950 bits per heavy atom. The van der Waals surface area contributed by atoms with E-state index < -0.39 is 0 Å². The third-order valence-corrected chi connectivity index (χ3v) is 5.21. The molecule has 1 N–H and O–H groups in total. The van der Waals surface area contributed by atoms with Crippen molar-refractivity contribution in [1.29, 1.82) is 0 Å². The zero-order valence-corrected chi connectivity index (χ0v) is 12.4. The minimum atomic E-state index is 0.813. The van der Waals surface area contributed by atoms with E-state index in [9.17, 15) is 0 Å². The second-order valence-electron chi connectivity index (χ2n) is 6.94. The Morgan fingerprint density at radius 2 is 1.55 bits per heavy atom. The summed E-state index contributed by atoms with van der Waals surface area (Å²) in [6.07, 6.45) is 8.55. The highest BCUT2D eigenvalue weighted by Gasteiger charge is 2.40. The van der Waals surface area contributed by atoms with Crippen LogP contribution in [0.3, 0.4) is 0 Å². The Hall–Kier alpha value is -1.02. The topological polar surface area (TPSA) is 15.3 Å². The number of hydrogen-bond acceptors (Lipinski definition) is 2. The highest BCUT2D eigenvalue weighted by Crippen LogP contribution is 2.44. The maximum atomic E-state index is 3.84. The third kappa shape index (κ3) is 2.85. The Morgan fingerprint density at radius 3 is 2.10 bits per heavy atom. The van der Waals surface area contributed by atoms with E-state index in [1.807, 2.05) is 0 Å². The summed E-state index contributed by atoms with van der Waals surface area (Å²) in [5.74, 6) is 1.98. The second-order valence-corrected chi connectivity index (χ2v) is 6.94. The van der Waals surface area contributed by atoms with Crippen LogP contribution >= 0.6 is 0 Å². The fourth-order valence-corrected chi connectivity index (χ4v) is 3.66. The summed E-state index contributed by atoms with van der Waals surface area (Å²) < 4.78 is 0. The van der Waals surface area contributed by atoms with Gasteiger partial charge in [0.1, 0.15) is 0 Å². The first-order valence-electron chi connectivity index (χ1n) is 8.47. The molecule has 1 aromatic rings. The molecule has 3 aliphatic rings. The van der Waals surface area contributed by atoms with Crippen LogP contribution in [0.1, 0.15) is 44.1 Å². The van der Waals surface area contributed by atoms with Crippen LogP contribution in [-0.2, 0) is 6.54 Å². The summed E-state index contributed by atoms with van der Waals surface area (Å²) in [5.41, 5.74) is 2.85. The molecule has 0 bridgehead atoms. The lowest BCUT2D eigenvalue weighted by atomic mass is 10.1. The van der Waals surface area contributed by atoms with Gasteiger partial charge in [-0.15, -0.1) is 0 Å². The predicted molar refractivity (Wildman–Crippen MR) is 84.0 cm³/mol. The lowest BCUT2D eigenvalue weighted by molar-refractivity contribution is 0.416. The summed E-state index contributed by atoms with van der Waals surface area (Å²) in [5, 5.41) is 3.84. The Balaban J connectivity index is 1.34. The molecule has 0 unspecified atom stereocenters. The molecule has 2 aliphatic carbocycles. The standard InChI is InChI=1S/C18H26N2/c1-2-12-20(11-1)17-9-3-14(4-10-17)13-19-18(15-5-6-15)16-7-8-16/h3-4,9-10,15-16,18-19H,1-2,5-8,11-13H2. The van der Waals surface area contributed by atoms with Crippen molar-refractivity contribution in [2.75, 3.05) is 18.0 Å². The first-order chi connectivity index (χ1) is 9.90. The summed E-state index contributed by atoms with van der Waals surface area (Å²) in [4.78, 5) is 2.51. The van der Waals surface area contributed by atoms with Crippen LogP contribution < -0.4 is 10.2 Å². The molecule has 1 saturated heterocycles. The van der Waals surface area contributed by atoms with Crippen molar-refractivity contribution in [2.45, 2.75) is 51.1 Å². The van der Waals surface area contributed by atoms with Crippen LogP contribution in [-0.4, -0.2) is 19.1 Å². The largest absolute Gasteiger partial charge is 0.372 e. The molecule has 0 aromatic heterocycles. The van der Waals surface area contributed by atoms with Crippen molar-refractivity contribution < 1.29 is 0 Å². The monoisotopic (exact) mass is 270 g/mol. The molecule has 0 atom stereocenters. The van der Waals surface area contributed by atoms with Crippen LogP contribution in [0.25, 0.3) is 0 Å². The molecule has 1 heterocycles. The Bertz CT molecular complexity index is 427. The maximum Gasteiger partial charge on any atom is 0.0366 e. The minimum absolute atomic E-state index is 0.813. The molecule has 20 heavy (non-hydrogen) atoms. The van der Waals surface area contributed by atoms with Gasteiger partial charge in [0.25, 0.3) is 0 Å². The molecule has 3 fully saturated rings. The molecule has 4 rings (SSSR count). The van der Waals surface area contributed by atoms with Gasteiger partial charge in [-0.05, 0) is 68.1 Å². The number of benzene rings is 1. The van der Waals surface area contributed by atoms with E-state index in [1.54, 1.807) is 0 Å². The minimum Gasteiger partial charge on any atom is -0.372 e. The molecule has 108 valence electrons. The van der Waals surface area contributed by atoms with Gasteiger partial charge in [0.2, 0.25) is 0 Å². The maximum absolute atomic E-state index is 3.84. The van der Waals surface area contributed by atoms with E-state index in [0.717, 1.165) is 24.4 Å². The zero-order valence-electron chi connectivity index (χ0n) is 12.4. The number of nitrogens with one attached hydrogen (secondary N) is 1. The molecule has 2 saturated carbocycles. The smallest absolute Gasteiger partial charge is 0.0366 e. The predicted octanol–water partition coefficient (Wildman–Crippen LogP) is 3.57. The van der Waals surface area contributed by atoms with E-state index in [1.165, 1.54) is 62.9 Å². The Labute approximate surface area is 122 Å². The van der Waals surface area contributed by atoms with E-state index in [4.69, 9.17) is 0 Å². The molecule has 1 aliphatic heterocycles. The first kappa shape index (κ1) is 12.7. The average Bonchev–Trinajstić information content (AvgIpc) is 3.41. The summed E-state index contributed by atoms with van der Waals surface area (Å²) in [6.45, 7) is 3.53. The fourth-order valence-electron chi connectivity index (χ4n) is 3.66. The summed E-state index contributed by atoms with van der Waals surface area (Å²) in [7, 11) is 0. The van der Waals surface area contributed by atoms with Crippen LogP contribution in [0.2, 0.25) is 0 Å². The van der Waals surface area contributed by atoms with Crippen molar-refractivity contribution in [3.05, 3.63) is 29.8 Å². The Kier molecular flexibility index (Phi) is 3.43. The third-order valence-electron chi connectivity index (χ3n) is 5.21. The summed E-state index contributed by atoms with van der Waals surface area (Å²) >= 11 is 0. The highest BCUT2D eigenvalue weighted by molar-refractivity contribution is 5.48. The van der Waals surface area contributed by atoms with Gasteiger partial charge in [0, 0.05) is 31.4 Å². The zero-order chi connectivity index (χ0) is 13.4. The normalized spacial score (nSPS) is 22.8. The van der Waals surface area contributed by atoms with Gasteiger partial charge in [0.15, 0.2) is 0 Å². The van der Waals surface area contributed by atoms with Crippen LogP contribution in [0.4, 0.5) is 5.69 Å². The highest BCUT2D eigenvalue weighted by atomic mass is 15.1. The van der Waals surface area contributed by atoms with Crippen molar-refractivity contribution in [2.24, 2.45) is 11.8 Å². The van der Waals surface area contributed by atoms with E-state index in [2.05, 4.69) is 34.5 Å². The van der Waals surface area contributed by atoms with Gasteiger partial charge in [-0.2, -0.15) is 0 Å². The van der Waals surface area contributed by atoms with Crippen LogP contribution in [0, 0.1) is 11.8 Å². The molecular formula is C18H26N2. The van der Waals surface area contributed by atoms with Gasteiger partial charge >= 0.3 is 0 Å². The molecule has 0 amide bonds. The van der Waals surface area contributed by atoms with Crippen molar-refractivity contribution in [3.8, 4) is 0 Å². The molecule has 2 nitrogen and oxygen atoms in total. The first-order valence-corrected chi connectivity index (χ1v) is 8.47. The molecule has 0 spiro atoms. The van der Waals surface area contributed by atoms with Gasteiger partial charge in [0.05, 0.1) is 0 Å². The molecule has 2 heteroatoms. The number of anilines is 1. The van der Waals surface area contributed by atoms with Gasteiger partial charge in [-0.3, -0.25) is 0 Å². The van der Waals surface area contributed by atoms with Crippen LogP contribution in [0.15, 0.2) is 24.3 Å². The van der Waals surface area contributed by atoms with Crippen molar-refractivity contribution in [1.82, 2.24) is 5.32 Å². The van der Waals surface area contributed by atoms with Gasteiger partial charge in [-0.1, -0.05) is 12.1 Å². The number of rotatable bonds is 6. The van der Waals surface area contributed by atoms with Crippen molar-refractivity contribution in [3.63, 3.8) is 0 Å². The molecule has 1 aromatic carbocycles. The van der Waals surface area contributed by atoms with E-state index in [0.29, 0.717) is 0 Å². The van der Waals surface area contributed by atoms with Crippen LogP contribution in [0.5, 0.6) is 0 Å². The average molecular weight is 270 g/mol. The fraction of sp³-hybridized carbons (Fsp3) is 0.667. The van der Waals surface area contributed by atoms with Gasteiger partial charge < -0.3 is 10.2 Å². The summed E-state index contributed by atoms with van der Waals surface area (Å²) in [6, 6.07) is 10.1. The molecular weight excluding hydrogens is 244 g/mol. The van der Waals surface area contributed by atoms with E-state index in [-0.39, 0.29) is 0 Å². The lowest BCUT2D eigenvalue weighted by Gasteiger charge is -2.19. The van der Waals surface area contributed by atoms with E-state index >= 15 is 0 Å². The second kappa shape index (κ2) is 5.40. The number of nitrogens with zero attached hydrogens (tertiary/aromatic N) is 1. The SMILES string of the molecule is c1cc(N2CCCC2)ccc1CNC(C1CC1)C1CC1.